The monoisotopic (exact) mass is 483 g/mol. The molecule has 8 N–H and O–H groups in total. The molecular weight excluding hydrogens is 446 g/mol. The number of carbonyl (C=O) groups excluding carboxylic acids is 3. The van der Waals surface area contributed by atoms with Gasteiger partial charge < -0.3 is 32.7 Å². The first-order valence-electron chi connectivity index (χ1n) is 11.8. The Balaban J connectivity index is 2.10. The molecule has 2 rings (SSSR count). The molecule has 190 valence electrons. The highest BCUT2D eigenvalue weighted by atomic mass is 16.2. The van der Waals surface area contributed by atoms with E-state index in [0.29, 0.717) is 31.7 Å². The summed E-state index contributed by atoms with van der Waals surface area (Å²) in [5, 5.41) is 5.51. The topological polar surface area (TPSA) is 169 Å². The van der Waals surface area contributed by atoms with Gasteiger partial charge in [0.1, 0.15) is 11.9 Å². The summed E-state index contributed by atoms with van der Waals surface area (Å²) in [4.78, 5) is 44.3. The van der Waals surface area contributed by atoms with Gasteiger partial charge in [-0.1, -0.05) is 30.3 Å². The molecule has 0 aliphatic rings. The van der Waals surface area contributed by atoms with Crippen molar-refractivity contribution in [1.29, 1.82) is 0 Å². The Bertz CT molecular complexity index is 958. The number of aryl methyl sites for hydroxylation is 3. The number of aromatic nitrogens is 1. The van der Waals surface area contributed by atoms with Gasteiger partial charge in [0.05, 0.1) is 12.5 Å². The number of pyridine rings is 1. The molecule has 2 aromatic rings. The lowest BCUT2D eigenvalue weighted by atomic mass is 10.0. The van der Waals surface area contributed by atoms with Crippen molar-refractivity contribution in [3.63, 3.8) is 0 Å². The minimum Gasteiger partial charge on any atom is -0.343 e. The first-order chi connectivity index (χ1) is 16.7. The van der Waals surface area contributed by atoms with Gasteiger partial charge in [0.2, 0.25) is 17.7 Å². The molecule has 0 radical (unpaired) electrons. The molecule has 0 fully saturated rings. The molecule has 1 aromatic heterocycles. The van der Waals surface area contributed by atoms with Crippen molar-refractivity contribution in [3.8, 4) is 0 Å². The Kier molecular flexibility index (Phi) is 11.3. The molecule has 0 bridgehead atoms. The van der Waals surface area contributed by atoms with Crippen molar-refractivity contribution in [2.75, 3.05) is 31.5 Å². The van der Waals surface area contributed by atoms with Gasteiger partial charge in [-0.2, -0.15) is 0 Å². The van der Waals surface area contributed by atoms with Gasteiger partial charge in [0.15, 0.2) is 0 Å². The summed E-state index contributed by atoms with van der Waals surface area (Å²) >= 11 is 0. The van der Waals surface area contributed by atoms with E-state index >= 15 is 0 Å². The highest BCUT2D eigenvalue weighted by molar-refractivity contribution is 5.98. The Morgan fingerprint density at radius 3 is 2.26 bits per heavy atom. The summed E-state index contributed by atoms with van der Waals surface area (Å²) < 4.78 is 0. The molecule has 0 aliphatic carbocycles. The van der Waals surface area contributed by atoms with Gasteiger partial charge in [-0.25, -0.2) is 4.98 Å². The highest BCUT2D eigenvalue weighted by Gasteiger charge is 2.26. The number of nitrogens with two attached hydrogens (primary N) is 3. The fourth-order valence-corrected chi connectivity index (χ4v) is 3.70. The average Bonchev–Trinajstić information content (AvgIpc) is 2.81. The largest absolute Gasteiger partial charge is 0.343 e. The quantitative estimate of drug-likeness (QED) is 0.271. The van der Waals surface area contributed by atoms with E-state index in [-0.39, 0.29) is 25.4 Å². The van der Waals surface area contributed by atoms with Crippen LogP contribution in [0.1, 0.15) is 29.7 Å². The lowest BCUT2D eigenvalue weighted by Gasteiger charge is -2.24. The number of anilines is 1. The minimum absolute atomic E-state index is 0.211. The average molecular weight is 484 g/mol. The molecule has 2 atom stereocenters. The molecule has 0 spiro atoms. The van der Waals surface area contributed by atoms with Crippen LogP contribution in [-0.2, 0) is 20.8 Å². The van der Waals surface area contributed by atoms with Gasteiger partial charge >= 0.3 is 0 Å². The molecule has 10 nitrogen and oxygen atoms in total. The fraction of sp³-hybridized carbons (Fsp3) is 0.440. The zero-order valence-corrected chi connectivity index (χ0v) is 20.5. The summed E-state index contributed by atoms with van der Waals surface area (Å²) in [6.45, 7) is 4.97. The second kappa shape index (κ2) is 14.1. The second-order valence-electron chi connectivity index (χ2n) is 8.51. The van der Waals surface area contributed by atoms with Gasteiger partial charge in [-0.15, -0.1) is 0 Å². The molecule has 0 aliphatic heterocycles. The van der Waals surface area contributed by atoms with Crippen molar-refractivity contribution < 1.29 is 14.4 Å². The summed E-state index contributed by atoms with van der Waals surface area (Å²) in [5.41, 5.74) is 19.9. The van der Waals surface area contributed by atoms with Crippen LogP contribution >= 0.6 is 0 Å². The fourth-order valence-electron chi connectivity index (χ4n) is 3.70. The smallest absolute Gasteiger partial charge is 0.248 e. The molecule has 0 saturated heterocycles. The Morgan fingerprint density at radius 1 is 1.00 bits per heavy atom. The number of nitrogens with zero attached hydrogens (tertiary/aromatic N) is 2. The maximum atomic E-state index is 13.1. The summed E-state index contributed by atoms with van der Waals surface area (Å²) in [5.74, 6) is -0.892. The van der Waals surface area contributed by atoms with Gasteiger partial charge in [0.25, 0.3) is 0 Å². The maximum Gasteiger partial charge on any atom is 0.248 e. The normalized spacial score (nSPS) is 12.5. The van der Waals surface area contributed by atoms with Crippen LogP contribution in [0, 0.1) is 13.8 Å². The summed E-state index contributed by atoms with van der Waals surface area (Å²) in [7, 11) is 0. The van der Waals surface area contributed by atoms with E-state index in [2.05, 4.69) is 15.6 Å². The Hall–Kier alpha value is -3.34. The van der Waals surface area contributed by atoms with E-state index in [1.807, 2.05) is 50.2 Å². The lowest BCUT2D eigenvalue weighted by molar-refractivity contribution is -0.134. The number of hydrogen-bond donors (Lipinski definition) is 5. The van der Waals surface area contributed by atoms with Crippen molar-refractivity contribution >= 4 is 23.5 Å². The molecule has 3 amide bonds. The highest BCUT2D eigenvalue weighted by Crippen LogP contribution is 2.12. The van der Waals surface area contributed by atoms with E-state index in [4.69, 9.17) is 17.2 Å². The van der Waals surface area contributed by atoms with Crippen molar-refractivity contribution in [3.05, 3.63) is 59.3 Å². The third-order valence-corrected chi connectivity index (χ3v) is 5.43. The zero-order chi connectivity index (χ0) is 25.8. The third-order valence-electron chi connectivity index (χ3n) is 5.43. The molecule has 1 unspecified atom stereocenters. The van der Waals surface area contributed by atoms with E-state index < -0.39 is 23.9 Å². The van der Waals surface area contributed by atoms with Crippen LogP contribution in [0.25, 0.3) is 0 Å². The second-order valence-corrected chi connectivity index (χ2v) is 8.51. The minimum atomic E-state index is -1.12. The van der Waals surface area contributed by atoms with Crippen LogP contribution in [0.2, 0.25) is 0 Å². The van der Waals surface area contributed by atoms with E-state index in [9.17, 15) is 14.4 Å². The molecule has 1 aromatic carbocycles. The first kappa shape index (κ1) is 27.9. The predicted molar refractivity (Wildman–Crippen MR) is 136 cm³/mol. The number of amides is 3. The SMILES string of the molecule is Cc1cc(C)nc(NC(=O)C(CCc2ccccc2)NC(=O)[C@@H](N)CC(=O)N(CCN)CCN)c1. The van der Waals surface area contributed by atoms with Crippen LogP contribution < -0.4 is 27.8 Å². The van der Waals surface area contributed by atoms with E-state index in [1.165, 1.54) is 4.90 Å². The number of benzene rings is 1. The van der Waals surface area contributed by atoms with Crippen LogP contribution in [-0.4, -0.2) is 65.9 Å². The van der Waals surface area contributed by atoms with E-state index in [0.717, 1.165) is 16.8 Å². The van der Waals surface area contributed by atoms with Gasteiger partial charge in [0, 0.05) is 31.9 Å². The molecular formula is C25H37N7O3. The lowest BCUT2D eigenvalue weighted by Crippen LogP contribution is -2.52. The molecule has 1 heterocycles. The first-order valence-corrected chi connectivity index (χ1v) is 11.8. The van der Waals surface area contributed by atoms with Gasteiger partial charge in [-0.3, -0.25) is 14.4 Å². The van der Waals surface area contributed by atoms with E-state index in [1.54, 1.807) is 6.07 Å². The predicted octanol–water partition coefficient (Wildman–Crippen LogP) is 0.218. The molecule has 35 heavy (non-hydrogen) atoms. The molecule has 0 saturated carbocycles. The number of rotatable bonds is 13. The third kappa shape index (κ3) is 9.44. The van der Waals surface area contributed by atoms with Crippen molar-refractivity contribution in [2.45, 2.75) is 45.2 Å². The van der Waals surface area contributed by atoms with Gasteiger partial charge in [-0.05, 0) is 49.9 Å². The van der Waals surface area contributed by atoms with Crippen LogP contribution in [0.3, 0.4) is 0 Å². The Labute approximate surface area is 206 Å². The Morgan fingerprint density at radius 2 is 1.66 bits per heavy atom. The van der Waals surface area contributed by atoms with Crippen molar-refractivity contribution in [2.24, 2.45) is 17.2 Å². The van der Waals surface area contributed by atoms with Crippen LogP contribution in [0.5, 0.6) is 0 Å². The summed E-state index contributed by atoms with van der Waals surface area (Å²) in [6.07, 6.45) is 0.700. The number of hydrogen-bond acceptors (Lipinski definition) is 7. The number of carbonyl (C=O) groups is 3. The van der Waals surface area contributed by atoms with Crippen LogP contribution in [0.4, 0.5) is 5.82 Å². The summed E-state index contributed by atoms with van der Waals surface area (Å²) in [6, 6.07) is 11.3. The van der Waals surface area contributed by atoms with Crippen LogP contribution in [0.15, 0.2) is 42.5 Å². The standard InChI is InChI=1S/C25H37N7O3/c1-17-14-18(2)29-22(15-17)31-25(35)21(9-8-19-6-4-3-5-7-19)30-24(34)20(28)16-23(33)32(12-10-26)13-11-27/h3-7,14-15,20-21H,8-13,16,26-28H2,1-2H3,(H,30,34)(H,29,31,35)/t20-,21?/m0/s1. The maximum absolute atomic E-state index is 13.1. The number of nitrogens with one attached hydrogen (secondary N) is 2. The molecule has 10 heteroatoms. The van der Waals surface area contributed by atoms with Crippen molar-refractivity contribution in [1.82, 2.24) is 15.2 Å². The zero-order valence-electron chi connectivity index (χ0n) is 20.5.